The molecule has 2 N–H and O–H groups in total. The molecular formula is C30H35N5O3. The number of anilines is 1. The van der Waals surface area contributed by atoms with Crippen LogP contribution in [0.4, 0.5) is 5.69 Å². The van der Waals surface area contributed by atoms with Crippen molar-refractivity contribution < 1.29 is 14.3 Å². The SMILES string of the molecule is COC[C@@H]1Nc2ccccc2[C@H]2[C@H]1CCN2C(=O)[C@H]1CCCC[C@H]1NC(=O)c1ccc(-n2ccnc2)cc1. The smallest absolute Gasteiger partial charge is 0.251 e. The molecule has 6 rings (SSSR count). The summed E-state index contributed by atoms with van der Waals surface area (Å²) in [5.41, 5.74) is 3.82. The van der Waals surface area contributed by atoms with E-state index >= 15 is 0 Å². The van der Waals surface area contributed by atoms with Crippen molar-refractivity contribution in [3.63, 3.8) is 0 Å². The third kappa shape index (κ3) is 4.58. The van der Waals surface area contributed by atoms with Crippen molar-refractivity contribution in [2.24, 2.45) is 11.8 Å². The van der Waals surface area contributed by atoms with E-state index in [0.717, 1.165) is 50.0 Å². The molecule has 1 aromatic heterocycles. The van der Waals surface area contributed by atoms with Crippen molar-refractivity contribution in [1.82, 2.24) is 19.8 Å². The summed E-state index contributed by atoms with van der Waals surface area (Å²) >= 11 is 0. The highest BCUT2D eigenvalue weighted by Crippen LogP contribution is 2.47. The second-order valence-electron chi connectivity index (χ2n) is 10.7. The second kappa shape index (κ2) is 10.6. The van der Waals surface area contributed by atoms with Crippen molar-refractivity contribution in [2.45, 2.75) is 50.2 Å². The van der Waals surface area contributed by atoms with Gasteiger partial charge >= 0.3 is 0 Å². The molecule has 0 bridgehead atoms. The number of ether oxygens (including phenoxy) is 1. The molecule has 38 heavy (non-hydrogen) atoms. The molecule has 3 aliphatic rings. The number of nitrogens with one attached hydrogen (secondary N) is 2. The summed E-state index contributed by atoms with van der Waals surface area (Å²) in [6.07, 6.45) is 9.92. The highest BCUT2D eigenvalue weighted by molar-refractivity contribution is 5.95. The van der Waals surface area contributed by atoms with Gasteiger partial charge in [-0.2, -0.15) is 0 Å². The number of methoxy groups -OCH3 is 1. The van der Waals surface area contributed by atoms with Gasteiger partial charge in [0.05, 0.1) is 30.9 Å². The Hall–Kier alpha value is -3.65. The highest BCUT2D eigenvalue weighted by Gasteiger charge is 2.48. The molecule has 3 aromatic rings. The van der Waals surface area contributed by atoms with Crippen LogP contribution in [0.25, 0.3) is 5.69 Å². The van der Waals surface area contributed by atoms with Gasteiger partial charge in [0.25, 0.3) is 5.91 Å². The fourth-order valence-electron chi connectivity index (χ4n) is 6.68. The molecule has 2 aliphatic heterocycles. The van der Waals surface area contributed by atoms with Crippen LogP contribution in [0, 0.1) is 11.8 Å². The van der Waals surface area contributed by atoms with Gasteiger partial charge in [-0.1, -0.05) is 31.0 Å². The Bertz CT molecular complexity index is 1280. The first-order chi connectivity index (χ1) is 18.6. The minimum Gasteiger partial charge on any atom is -0.383 e. The number of hydrogen-bond donors (Lipinski definition) is 2. The van der Waals surface area contributed by atoms with Gasteiger partial charge in [-0.3, -0.25) is 9.59 Å². The van der Waals surface area contributed by atoms with Crippen LogP contribution in [0.5, 0.6) is 0 Å². The Morgan fingerprint density at radius 1 is 1.08 bits per heavy atom. The van der Waals surface area contributed by atoms with Crippen molar-refractivity contribution in [1.29, 1.82) is 0 Å². The van der Waals surface area contributed by atoms with Crippen molar-refractivity contribution in [3.8, 4) is 5.69 Å². The minimum atomic E-state index is -0.209. The Morgan fingerprint density at radius 3 is 2.68 bits per heavy atom. The Balaban J connectivity index is 1.20. The van der Waals surface area contributed by atoms with E-state index in [1.165, 1.54) is 5.56 Å². The van der Waals surface area contributed by atoms with Gasteiger partial charge in [-0.05, 0) is 55.2 Å². The van der Waals surface area contributed by atoms with Crippen LogP contribution in [0.2, 0.25) is 0 Å². The van der Waals surface area contributed by atoms with Crippen LogP contribution in [0.15, 0.2) is 67.3 Å². The van der Waals surface area contributed by atoms with E-state index in [9.17, 15) is 9.59 Å². The molecule has 198 valence electrons. The van der Waals surface area contributed by atoms with Gasteiger partial charge in [0.15, 0.2) is 0 Å². The molecule has 0 radical (unpaired) electrons. The molecule has 3 heterocycles. The molecule has 5 atom stereocenters. The van der Waals surface area contributed by atoms with Gasteiger partial charge in [-0.15, -0.1) is 0 Å². The predicted octanol–water partition coefficient (Wildman–Crippen LogP) is 4.19. The lowest BCUT2D eigenvalue weighted by molar-refractivity contribution is -0.139. The van der Waals surface area contributed by atoms with E-state index in [4.69, 9.17) is 4.74 Å². The van der Waals surface area contributed by atoms with E-state index in [1.807, 2.05) is 41.1 Å². The number of aromatic nitrogens is 2. The molecule has 8 heteroatoms. The average molecular weight is 514 g/mol. The minimum absolute atomic E-state index is 0.0362. The third-order valence-corrected chi connectivity index (χ3v) is 8.54. The van der Waals surface area contributed by atoms with E-state index in [0.29, 0.717) is 18.1 Å². The molecule has 2 aromatic carbocycles. The van der Waals surface area contributed by atoms with E-state index in [2.05, 4.69) is 38.7 Å². The number of nitrogens with zero attached hydrogens (tertiary/aromatic N) is 3. The number of carbonyl (C=O) groups is 2. The number of fused-ring (bicyclic) bond motifs is 3. The maximum Gasteiger partial charge on any atom is 0.251 e. The Labute approximate surface area is 223 Å². The first kappa shape index (κ1) is 24.7. The number of carbonyl (C=O) groups excluding carboxylic acids is 2. The monoisotopic (exact) mass is 513 g/mol. The first-order valence-electron chi connectivity index (χ1n) is 13.7. The van der Waals surface area contributed by atoms with Crippen LogP contribution in [-0.2, 0) is 9.53 Å². The van der Waals surface area contributed by atoms with Crippen LogP contribution < -0.4 is 10.6 Å². The molecule has 1 saturated heterocycles. The van der Waals surface area contributed by atoms with Crippen molar-refractivity contribution in [2.75, 3.05) is 25.6 Å². The number of hydrogen-bond acceptors (Lipinski definition) is 5. The number of likely N-dealkylation sites (tertiary alicyclic amines) is 1. The normalized spacial score (nSPS) is 26.2. The van der Waals surface area contributed by atoms with Crippen LogP contribution in [0.1, 0.15) is 54.1 Å². The average Bonchev–Trinajstić information content (AvgIpc) is 3.65. The summed E-state index contributed by atoms with van der Waals surface area (Å²) < 4.78 is 7.43. The number of para-hydroxylation sites is 1. The zero-order valence-corrected chi connectivity index (χ0v) is 21.8. The zero-order chi connectivity index (χ0) is 26.1. The van der Waals surface area contributed by atoms with Gasteiger partial charge < -0.3 is 24.8 Å². The molecule has 1 saturated carbocycles. The third-order valence-electron chi connectivity index (χ3n) is 8.54. The molecule has 0 unspecified atom stereocenters. The predicted molar refractivity (Wildman–Crippen MR) is 145 cm³/mol. The zero-order valence-electron chi connectivity index (χ0n) is 21.8. The van der Waals surface area contributed by atoms with Gasteiger partial charge in [0.1, 0.15) is 0 Å². The van der Waals surface area contributed by atoms with Crippen molar-refractivity contribution >= 4 is 17.5 Å². The van der Waals surface area contributed by atoms with Crippen LogP contribution >= 0.6 is 0 Å². The largest absolute Gasteiger partial charge is 0.383 e. The maximum absolute atomic E-state index is 14.1. The van der Waals surface area contributed by atoms with E-state index < -0.39 is 0 Å². The fraction of sp³-hybridized carbons (Fsp3) is 0.433. The van der Waals surface area contributed by atoms with Gasteiger partial charge in [-0.25, -0.2) is 4.98 Å². The number of amides is 2. The molecular weight excluding hydrogens is 478 g/mol. The van der Waals surface area contributed by atoms with E-state index in [-0.39, 0.29) is 35.9 Å². The van der Waals surface area contributed by atoms with E-state index in [1.54, 1.807) is 19.6 Å². The van der Waals surface area contributed by atoms with Crippen LogP contribution in [0.3, 0.4) is 0 Å². The number of imidazole rings is 1. The summed E-state index contributed by atoms with van der Waals surface area (Å²) in [5, 5.41) is 6.88. The first-order valence-corrected chi connectivity index (χ1v) is 13.7. The highest BCUT2D eigenvalue weighted by atomic mass is 16.5. The molecule has 8 nitrogen and oxygen atoms in total. The molecule has 2 amide bonds. The van der Waals surface area contributed by atoms with Gasteiger partial charge in [0, 0.05) is 54.9 Å². The van der Waals surface area contributed by atoms with Crippen LogP contribution in [-0.4, -0.2) is 58.6 Å². The summed E-state index contributed by atoms with van der Waals surface area (Å²) in [6.45, 7) is 1.34. The summed E-state index contributed by atoms with van der Waals surface area (Å²) in [7, 11) is 1.73. The maximum atomic E-state index is 14.1. The molecule has 0 spiro atoms. The van der Waals surface area contributed by atoms with Gasteiger partial charge in [0.2, 0.25) is 5.91 Å². The Morgan fingerprint density at radius 2 is 1.89 bits per heavy atom. The topological polar surface area (TPSA) is 88.5 Å². The standard InChI is InChI=1S/C30H35N5O3/c1-38-18-27-23-14-16-35(28(23)22-6-2-4-8-25(22)32-27)30(37)24-7-3-5-9-26(24)33-29(36)20-10-12-21(13-11-20)34-17-15-31-19-34/h2,4,6,8,10-13,15,17,19,23-24,26-28,32H,3,5,7,9,14,16,18H2,1H3,(H,33,36)/t23-,24-,26+,27-,28-/m0/s1. The lowest BCUT2D eigenvalue weighted by Gasteiger charge is -2.41. The lowest BCUT2D eigenvalue weighted by atomic mass is 9.81. The fourth-order valence-corrected chi connectivity index (χ4v) is 6.68. The Kier molecular flexibility index (Phi) is 6.89. The summed E-state index contributed by atoms with van der Waals surface area (Å²) in [6, 6.07) is 15.9. The second-order valence-corrected chi connectivity index (χ2v) is 10.7. The number of benzene rings is 2. The summed E-state index contributed by atoms with van der Waals surface area (Å²) in [5.74, 6) is 0.142. The van der Waals surface area contributed by atoms with Crippen molar-refractivity contribution in [3.05, 3.63) is 78.4 Å². The molecule has 2 fully saturated rings. The quantitative estimate of drug-likeness (QED) is 0.516. The lowest BCUT2D eigenvalue weighted by Crippen LogP contribution is -2.50. The number of rotatable bonds is 6. The molecule has 1 aliphatic carbocycles. The summed E-state index contributed by atoms with van der Waals surface area (Å²) in [4.78, 5) is 33.6.